The number of hydrogen-bond donors (Lipinski definition) is 0. The van der Waals surface area contributed by atoms with E-state index in [0.29, 0.717) is 5.92 Å². The Morgan fingerprint density at radius 3 is 2.20 bits per heavy atom. The Morgan fingerprint density at radius 2 is 1.73 bits per heavy atom. The molecule has 0 nitrogen and oxygen atoms in total. The molecule has 1 aromatic rings. The zero-order valence-electron chi connectivity index (χ0n) is 10.4. The molecule has 0 N–H and O–H groups in total. The Bertz CT molecular complexity index is 332. The SMILES string of the molecule is CC(C)Cc1cc(Br)cc(C(C)(C)C)c1. The van der Waals surface area contributed by atoms with Crippen LogP contribution in [0.1, 0.15) is 45.7 Å². The van der Waals surface area contributed by atoms with E-state index < -0.39 is 0 Å². The predicted molar refractivity (Wildman–Crippen MR) is 71.4 cm³/mol. The molecule has 0 spiro atoms. The maximum Gasteiger partial charge on any atom is 0.0180 e. The van der Waals surface area contributed by atoms with E-state index in [0.717, 1.165) is 6.42 Å². The molecule has 0 atom stereocenters. The molecule has 0 aliphatic rings. The minimum Gasteiger partial charge on any atom is -0.0625 e. The highest BCUT2D eigenvalue weighted by Gasteiger charge is 2.15. The summed E-state index contributed by atoms with van der Waals surface area (Å²) in [6.45, 7) is 11.3. The van der Waals surface area contributed by atoms with Crippen LogP contribution in [0.5, 0.6) is 0 Å². The second-order valence-electron chi connectivity index (χ2n) is 5.70. The van der Waals surface area contributed by atoms with Gasteiger partial charge in [-0.1, -0.05) is 56.6 Å². The molecule has 0 aromatic heterocycles. The van der Waals surface area contributed by atoms with Crippen molar-refractivity contribution in [2.75, 3.05) is 0 Å². The van der Waals surface area contributed by atoms with Gasteiger partial charge >= 0.3 is 0 Å². The minimum atomic E-state index is 0.232. The quantitative estimate of drug-likeness (QED) is 0.713. The monoisotopic (exact) mass is 268 g/mol. The van der Waals surface area contributed by atoms with Crippen molar-refractivity contribution < 1.29 is 0 Å². The van der Waals surface area contributed by atoms with Gasteiger partial charge in [-0.05, 0) is 41.0 Å². The fraction of sp³-hybridized carbons (Fsp3) is 0.571. The molecule has 0 heterocycles. The van der Waals surface area contributed by atoms with Crippen LogP contribution in [0.4, 0.5) is 0 Å². The van der Waals surface area contributed by atoms with Crippen molar-refractivity contribution >= 4 is 15.9 Å². The topological polar surface area (TPSA) is 0 Å². The van der Waals surface area contributed by atoms with E-state index in [1.165, 1.54) is 15.6 Å². The molecule has 0 bridgehead atoms. The van der Waals surface area contributed by atoms with Gasteiger partial charge in [-0.2, -0.15) is 0 Å². The standard InChI is InChI=1S/C14H21Br/c1-10(2)6-11-7-12(14(3,4)5)9-13(15)8-11/h7-10H,6H2,1-5H3. The van der Waals surface area contributed by atoms with E-state index >= 15 is 0 Å². The van der Waals surface area contributed by atoms with E-state index in [1.807, 2.05) is 0 Å². The van der Waals surface area contributed by atoms with Crippen LogP contribution >= 0.6 is 15.9 Å². The average molecular weight is 269 g/mol. The number of rotatable bonds is 2. The molecule has 15 heavy (non-hydrogen) atoms. The molecule has 0 aliphatic heterocycles. The number of hydrogen-bond acceptors (Lipinski definition) is 0. The molecule has 0 saturated heterocycles. The highest BCUT2D eigenvalue weighted by atomic mass is 79.9. The third kappa shape index (κ3) is 3.98. The lowest BCUT2D eigenvalue weighted by atomic mass is 9.85. The largest absolute Gasteiger partial charge is 0.0625 e. The van der Waals surface area contributed by atoms with Crippen LogP contribution in [0, 0.1) is 5.92 Å². The first-order valence-electron chi connectivity index (χ1n) is 5.59. The van der Waals surface area contributed by atoms with Crippen LogP contribution in [0.25, 0.3) is 0 Å². The lowest BCUT2D eigenvalue weighted by Gasteiger charge is -2.21. The fourth-order valence-electron chi connectivity index (χ4n) is 1.67. The lowest BCUT2D eigenvalue weighted by Crippen LogP contribution is -2.11. The van der Waals surface area contributed by atoms with Crippen molar-refractivity contribution in [3.8, 4) is 0 Å². The third-order valence-electron chi connectivity index (χ3n) is 2.47. The van der Waals surface area contributed by atoms with Gasteiger partial charge in [0.05, 0.1) is 0 Å². The molecule has 1 heteroatoms. The fourth-order valence-corrected chi connectivity index (χ4v) is 2.21. The molecule has 84 valence electrons. The van der Waals surface area contributed by atoms with Gasteiger partial charge in [0.15, 0.2) is 0 Å². The highest BCUT2D eigenvalue weighted by molar-refractivity contribution is 9.10. The maximum absolute atomic E-state index is 3.60. The molecular formula is C14H21Br. The zero-order valence-corrected chi connectivity index (χ0v) is 12.0. The van der Waals surface area contributed by atoms with Gasteiger partial charge < -0.3 is 0 Å². The molecule has 0 saturated carbocycles. The van der Waals surface area contributed by atoms with E-state index in [9.17, 15) is 0 Å². The van der Waals surface area contributed by atoms with Crippen LogP contribution in [-0.2, 0) is 11.8 Å². The molecular weight excluding hydrogens is 248 g/mol. The van der Waals surface area contributed by atoms with Crippen molar-refractivity contribution in [3.63, 3.8) is 0 Å². The van der Waals surface area contributed by atoms with E-state index in [-0.39, 0.29) is 5.41 Å². The first-order chi connectivity index (χ1) is 6.79. The summed E-state index contributed by atoms with van der Waals surface area (Å²) in [5.74, 6) is 0.715. The average Bonchev–Trinajstić information content (AvgIpc) is 1.99. The van der Waals surface area contributed by atoms with E-state index in [1.54, 1.807) is 0 Å². The van der Waals surface area contributed by atoms with E-state index in [4.69, 9.17) is 0 Å². The number of halogens is 1. The van der Waals surface area contributed by atoms with Gasteiger partial charge in [0.1, 0.15) is 0 Å². The van der Waals surface area contributed by atoms with Crippen LogP contribution in [0.2, 0.25) is 0 Å². The summed E-state index contributed by atoms with van der Waals surface area (Å²) in [5.41, 5.74) is 3.08. The van der Waals surface area contributed by atoms with Gasteiger partial charge in [-0.3, -0.25) is 0 Å². The molecule has 0 fully saturated rings. The van der Waals surface area contributed by atoms with Crippen LogP contribution in [0.15, 0.2) is 22.7 Å². The summed E-state index contributed by atoms with van der Waals surface area (Å²) in [6, 6.07) is 6.80. The van der Waals surface area contributed by atoms with Crippen molar-refractivity contribution in [3.05, 3.63) is 33.8 Å². The molecule has 1 rings (SSSR count). The van der Waals surface area contributed by atoms with Gasteiger partial charge in [-0.25, -0.2) is 0 Å². The molecule has 0 amide bonds. The van der Waals surface area contributed by atoms with Gasteiger partial charge in [0, 0.05) is 4.47 Å². The molecule has 0 unspecified atom stereocenters. The molecule has 0 aliphatic carbocycles. The van der Waals surface area contributed by atoms with Crippen molar-refractivity contribution in [1.82, 2.24) is 0 Å². The van der Waals surface area contributed by atoms with Crippen molar-refractivity contribution in [1.29, 1.82) is 0 Å². The predicted octanol–water partition coefficient (Wildman–Crippen LogP) is 4.95. The van der Waals surface area contributed by atoms with Crippen molar-refractivity contribution in [2.45, 2.75) is 46.5 Å². The highest BCUT2D eigenvalue weighted by Crippen LogP contribution is 2.27. The molecule has 1 aromatic carbocycles. The summed E-state index contributed by atoms with van der Waals surface area (Å²) >= 11 is 3.60. The second-order valence-corrected chi connectivity index (χ2v) is 6.61. The van der Waals surface area contributed by atoms with E-state index in [2.05, 4.69) is 68.7 Å². The summed E-state index contributed by atoms with van der Waals surface area (Å²) in [6.07, 6.45) is 1.16. The Hall–Kier alpha value is -0.300. The third-order valence-corrected chi connectivity index (χ3v) is 2.93. The van der Waals surface area contributed by atoms with Gasteiger partial charge in [0.2, 0.25) is 0 Å². The molecule has 0 radical (unpaired) electrons. The lowest BCUT2D eigenvalue weighted by molar-refractivity contribution is 0.585. The Balaban J connectivity index is 3.06. The van der Waals surface area contributed by atoms with Crippen molar-refractivity contribution in [2.24, 2.45) is 5.92 Å². The van der Waals surface area contributed by atoms with Gasteiger partial charge in [0.25, 0.3) is 0 Å². The first kappa shape index (κ1) is 12.8. The normalized spacial score (nSPS) is 12.2. The van der Waals surface area contributed by atoms with Crippen LogP contribution < -0.4 is 0 Å². The number of benzene rings is 1. The Morgan fingerprint density at radius 1 is 1.13 bits per heavy atom. The summed E-state index contributed by atoms with van der Waals surface area (Å²) in [4.78, 5) is 0. The second kappa shape index (κ2) is 4.69. The zero-order chi connectivity index (χ0) is 11.6. The smallest absolute Gasteiger partial charge is 0.0180 e. The minimum absolute atomic E-state index is 0.232. The summed E-state index contributed by atoms with van der Waals surface area (Å²) < 4.78 is 1.20. The van der Waals surface area contributed by atoms with Crippen LogP contribution in [-0.4, -0.2) is 0 Å². The first-order valence-corrected chi connectivity index (χ1v) is 6.38. The van der Waals surface area contributed by atoms with Gasteiger partial charge in [-0.15, -0.1) is 0 Å². The summed E-state index contributed by atoms with van der Waals surface area (Å²) in [7, 11) is 0. The Labute approximate surface area is 102 Å². The Kier molecular flexibility index (Phi) is 3.99. The summed E-state index contributed by atoms with van der Waals surface area (Å²) in [5, 5.41) is 0. The van der Waals surface area contributed by atoms with Crippen LogP contribution in [0.3, 0.4) is 0 Å². The maximum atomic E-state index is 3.60.